The van der Waals surface area contributed by atoms with Crippen molar-refractivity contribution in [2.24, 2.45) is 5.92 Å². The molecule has 0 aliphatic carbocycles. The SMILES string of the molecule is Clc1cc2ccccc2n1CC1CCOCC1. The third kappa shape index (κ3) is 2.20. The van der Waals surface area contributed by atoms with E-state index in [0.717, 1.165) is 37.8 Å². The highest BCUT2D eigenvalue weighted by molar-refractivity contribution is 6.30. The van der Waals surface area contributed by atoms with Crippen molar-refractivity contribution in [3.05, 3.63) is 35.5 Å². The van der Waals surface area contributed by atoms with Gasteiger partial charge >= 0.3 is 0 Å². The Hall–Kier alpha value is -0.990. The molecule has 1 fully saturated rings. The molecule has 1 aliphatic rings. The lowest BCUT2D eigenvalue weighted by Crippen LogP contribution is -2.20. The van der Waals surface area contributed by atoms with E-state index >= 15 is 0 Å². The number of ether oxygens (including phenoxy) is 1. The average Bonchev–Trinajstić information content (AvgIpc) is 2.68. The van der Waals surface area contributed by atoms with Gasteiger partial charge in [-0.05, 0) is 30.9 Å². The number of fused-ring (bicyclic) bond motifs is 1. The molecule has 90 valence electrons. The highest BCUT2D eigenvalue weighted by Gasteiger charge is 2.16. The molecule has 0 atom stereocenters. The van der Waals surface area contributed by atoms with Gasteiger partial charge in [0.1, 0.15) is 5.15 Å². The maximum absolute atomic E-state index is 6.32. The Morgan fingerprint density at radius 3 is 2.82 bits per heavy atom. The molecule has 3 heteroatoms. The molecule has 1 aliphatic heterocycles. The van der Waals surface area contributed by atoms with E-state index in [4.69, 9.17) is 16.3 Å². The van der Waals surface area contributed by atoms with Gasteiger partial charge in [-0.1, -0.05) is 29.8 Å². The van der Waals surface area contributed by atoms with E-state index < -0.39 is 0 Å². The Balaban J connectivity index is 1.90. The Morgan fingerprint density at radius 1 is 1.24 bits per heavy atom. The number of benzene rings is 1. The van der Waals surface area contributed by atoms with Gasteiger partial charge in [-0.25, -0.2) is 0 Å². The fraction of sp³-hybridized carbons (Fsp3) is 0.429. The molecule has 2 aromatic rings. The largest absolute Gasteiger partial charge is 0.381 e. The van der Waals surface area contributed by atoms with E-state index in [1.807, 2.05) is 0 Å². The maximum atomic E-state index is 6.32. The standard InChI is InChI=1S/C14H16ClNO/c15-14-9-12-3-1-2-4-13(12)16(14)10-11-5-7-17-8-6-11/h1-4,9,11H,5-8,10H2. The summed E-state index contributed by atoms with van der Waals surface area (Å²) in [5.74, 6) is 0.692. The van der Waals surface area contributed by atoms with E-state index in [-0.39, 0.29) is 0 Å². The Labute approximate surface area is 106 Å². The van der Waals surface area contributed by atoms with Crippen molar-refractivity contribution in [1.82, 2.24) is 4.57 Å². The van der Waals surface area contributed by atoms with E-state index in [1.54, 1.807) is 0 Å². The number of halogens is 1. The van der Waals surface area contributed by atoms with Crippen LogP contribution in [-0.4, -0.2) is 17.8 Å². The topological polar surface area (TPSA) is 14.2 Å². The van der Waals surface area contributed by atoms with Crippen molar-refractivity contribution in [2.75, 3.05) is 13.2 Å². The molecule has 1 aromatic carbocycles. The summed E-state index contributed by atoms with van der Waals surface area (Å²) >= 11 is 6.32. The molecule has 0 amide bonds. The highest BCUT2D eigenvalue weighted by Crippen LogP contribution is 2.27. The van der Waals surface area contributed by atoms with Crippen LogP contribution in [-0.2, 0) is 11.3 Å². The van der Waals surface area contributed by atoms with Gasteiger partial charge in [0.05, 0.1) is 0 Å². The number of rotatable bonds is 2. The maximum Gasteiger partial charge on any atom is 0.109 e. The average molecular weight is 250 g/mol. The van der Waals surface area contributed by atoms with Crippen LogP contribution in [0.15, 0.2) is 30.3 Å². The molecule has 0 N–H and O–H groups in total. The van der Waals surface area contributed by atoms with Gasteiger partial charge in [-0.15, -0.1) is 0 Å². The molecule has 1 aromatic heterocycles. The van der Waals surface area contributed by atoms with Crippen LogP contribution >= 0.6 is 11.6 Å². The zero-order valence-corrected chi connectivity index (χ0v) is 10.5. The molecule has 2 heterocycles. The molecule has 2 nitrogen and oxygen atoms in total. The van der Waals surface area contributed by atoms with Gasteiger partial charge in [-0.2, -0.15) is 0 Å². The first kappa shape index (κ1) is 11.1. The Kier molecular flexibility index (Phi) is 3.08. The van der Waals surface area contributed by atoms with Crippen molar-refractivity contribution in [3.63, 3.8) is 0 Å². The summed E-state index contributed by atoms with van der Waals surface area (Å²) < 4.78 is 7.62. The van der Waals surface area contributed by atoms with Crippen LogP contribution in [0.3, 0.4) is 0 Å². The van der Waals surface area contributed by atoms with E-state index in [1.165, 1.54) is 10.9 Å². The van der Waals surface area contributed by atoms with Gasteiger partial charge in [0, 0.05) is 30.7 Å². The Morgan fingerprint density at radius 2 is 2.00 bits per heavy atom. The predicted octanol–water partition coefficient (Wildman–Crippen LogP) is 3.72. The van der Waals surface area contributed by atoms with Crippen molar-refractivity contribution >= 4 is 22.5 Å². The third-order valence-corrected chi connectivity index (χ3v) is 3.85. The molecule has 0 unspecified atom stereocenters. The van der Waals surface area contributed by atoms with Crippen LogP contribution in [0.5, 0.6) is 0 Å². The molecule has 17 heavy (non-hydrogen) atoms. The summed E-state index contributed by atoms with van der Waals surface area (Å²) in [4.78, 5) is 0. The third-order valence-electron chi connectivity index (χ3n) is 3.54. The molecule has 0 bridgehead atoms. The lowest BCUT2D eigenvalue weighted by molar-refractivity contribution is 0.0616. The normalized spacial score (nSPS) is 17.7. The number of aromatic nitrogens is 1. The predicted molar refractivity (Wildman–Crippen MR) is 70.5 cm³/mol. The van der Waals surface area contributed by atoms with Crippen molar-refractivity contribution < 1.29 is 4.74 Å². The summed E-state index contributed by atoms with van der Waals surface area (Å²) in [6, 6.07) is 10.4. The fourth-order valence-electron chi connectivity index (χ4n) is 2.55. The smallest absolute Gasteiger partial charge is 0.109 e. The minimum atomic E-state index is 0.692. The lowest BCUT2D eigenvalue weighted by Gasteiger charge is -2.23. The van der Waals surface area contributed by atoms with Gasteiger partial charge < -0.3 is 9.30 Å². The number of nitrogens with zero attached hydrogens (tertiary/aromatic N) is 1. The second-order valence-electron chi connectivity index (χ2n) is 4.69. The first-order chi connectivity index (χ1) is 8.34. The highest BCUT2D eigenvalue weighted by atomic mass is 35.5. The Bertz CT molecular complexity index is 514. The van der Waals surface area contributed by atoms with Gasteiger partial charge in [0.25, 0.3) is 0 Å². The molecule has 0 spiro atoms. The minimum Gasteiger partial charge on any atom is -0.381 e. The van der Waals surface area contributed by atoms with Crippen LogP contribution in [0.2, 0.25) is 5.15 Å². The minimum absolute atomic E-state index is 0.692. The van der Waals surface area contributed by atoms with Crippen molar-refractivity contribution in [1.29, 1.82) is 0 Å². The summed E-state index contributed by atoms with van der Waals surface area (Å²) in [6.07, 6.45) is 2.28. The number of hydrogen-bond donors (Lipinski definition) is 0. The molecular formula is C14H16ClNO. The van der Waals surface area contributed by atoms with Crippen LogP contribution in [0.1, 0.15) is 12.8 Å². The number of para-hydroxylation sites is 1. The fourth-order valence-corrected chi connectivity index (χ4v) is 2.83. The zero-order chi connectivity index (χ0) is 11.7. The van der Waals surface area contributed by atoms with Crippen LogP contribution in [0.4, 0.5) is 0 Å². The lowest BCUT2D eigenvalue weighted by atomic mass is 10.0. The van der Waals surface area contributed by atoms with Gasteiger partial charge in [0.2, 0.25) is 0 Å². The first-order valence-electron chi connectivity index (χ1n) is 6.16. The zero-order valence-electron chi connectivity index (χ0n) is 9.73. The van der Waals surface area contributed by atoms with E-state index in [0.29, 0.717) is 5.92 Å². The second kappa shape index (κ2) is 4.71. The van der Waals surface area contributed by atoms with Crippen molar-refractivity contribution in [2.45, 2.75) is 19.4 Å². The van der Waals surface area contributed by atoms with E-state index in [9.17, 15) is 0 Å². The monoisotopic (exact) mass is 249 g/mol. The summed E-state index contributed by atoms with van der Waals surface area (Å²) in [7, 11) is 0. The quantitative estimate of drug-likeness (QED) is 0.791. The molecule has 0 saturated carbocycles. The molecule has 3 rings (SSSR count). The summed E-state index contributed by atoms with van der Waals surface area (Å²) in [5, 5.41) is 2.07. The van der Waals surface area contributed by atoms with Gasteiger partial charge in [-0.3, -0.25) is 0 Å². The summed E-state index contributed by atoms with van der Waals surface area (Å²) in [5.41, 5.74) is 1.24. The van der Waals surface area contributed by atoms with Gasteiger partial charge in [0.15, 0.2) is 0 Å². The van der Waals surface area contributed by atoms with Crippen LogP contribution in [0.25, 0.3) is 10.9 Å². The second-order valence-corrected chi connectivity index (χ2v) is 5.08. The van der Waals surface area contributed by atoms with E-state index in [2.05, 4.69) is 34.9 Å². The molecular weight excluding hydrogens is 234 g/mol. The van der Waals surface area contributed by atoms with Crippen molar-refractivity contribution in [3.8, 4) is 0 Å². The molecule has 1 saturated heterocycles. The summed E-state index contributed by atoms with van der Waals surface area (Å²) in [6.45, 7) is 2.79. The first-order valence-corrected chi connectivity index (χ1v) is 6.54. The molecule has 0 radical (unpaired) electrons. The van der Waals surface area contributed by atoms with Crippen LogP contribution in [0, 0.1) is 5.92 Å². The number of hydrogen-bond acceptors (Lipinski definition) is 1. The van der Waals surface area contributed by atoms with Crippen LogP contribution < -0.4 is 0 Å².